The quantitative estimate of drug-likeness (QED) is 0.360. The molecule has 1 aliphatic rings. The fourth-order valence-electron chi connectivity index (χ4n) is 3.50. The molecule has 1 amide bonds. The third-order valence-corrected chi connectivity index (χ3v) is 5.12. The molecule has 0 unspecified atom stereocenters. The molecule has 0 bridgehead atoms. The van der Waals surface area contributed by atoms with E-state index in [9.17, 15) is 4.79 Å². The van der Waals surface area contributed by atoms with Gasteiger partial charge in [0.1, 0.15) is 12.3 Å². The van der Waals surface area contributed by atoms with Crippen molar-refractivity contribution in [3.63, 3.8) is 0 Å². The number of aliphatic imine (C=N–C) groups is 1. The molecule has 1 N–H and O–H groups in total. The topological polar surface area (TPSA) is 57.2 Å². The second-order valence-electron chi connectivity index (χ2n) is 7.21. The van der Waals surface area contributed by atoms with Gasteiger partial charge in [-0.1, -0.05) is 36.4 Å². The van der Waals surface area contributed by atoms with Crippen LogP contribution in [0.25, 0.3) is 0 Å². The molecule has 0 saturated carbocycles. The first-order valence-electron chi connectivity index (χ1n) is 10.1. The molecule has 1 aliphatic heterocycles. The number of halogens is 1. The number of methoxy groups -OCH3 is 1. The highest BCUT2D eigenvalue weighted by Crippen LogP contribution is 2.18. The van der Waals surface area contributed by atoms with Crippen molar-refractivity contribution in [2.75, 3.05) is 33.8 Å². The SMILES string of the molecule is CCNC(=NCC(=O)N1CCc2ccccc2C1)N(C)Cc1ccc(OC)cc1.I. The van der Waals surface area contributed by atoms with Crippen LogP contribution in [-0.4, -0.2) is 55.5 Å². The van der Waals surface area contributed by atoms with Crippen LogP contribution in [0.4, 0.5) is 0 Å². The smallest absolute Gasteiger partial charge is 0.244 e. The van der Waals surface area contributed by atoms with E-state index in [4.69, 9.17) is 4.74 Å². The molecule has 7 heteroatoms. The average Bonchev–Trinajstić information content (AvgIpc) is 2.76. The Kier molecular flexibility index (Phi) is 9.42. The second-order valence-corrected chi connectivity index (χ2v) is 7.21. The number of nitrogens with one attached hydrogen (secondary N) is 1. The van der Waals surface area contributed by atoms with E-state index in [1.807, 2.05) is 54.1 Å². The van der Waals surface area contributed by atoms with E-state index in [2.05, 4.69) is 28.5 Å². The lowest BCUT2D eigenvalue weighted by Crippen LogP contribution is -2.41. The van der Waals surface area contributed by atoms with Crippen molar-refractivity contribution in [2.24, 2.45) is 4.99 Å². The monoisotopic (exact) mass is 522 g/mol. The predicted molar refractivity (Wildman–Crippen MR) is 131 cm³/mol. The highest BCUT2D eigenvalue weighted by molar-refractivity contribution is 14.0. The van der Waals surface area contributed by atoms with E-state index in [0.29, 0.717) is 13.1 Å². The Bertz CT molecular complexity index is 855. The number of fused-ring (bicyclic) bond motifs is 1. The molecule has 3 rings (SSSR count). The number of amides is 1. The number of benzene rings is 2. The van der Waals surface area contributed by atoms with Gasteiger partial charge < -0.3 is 19.9 Å². The normalized spacial score (nSPS) is 13.2. The molecule has 6 nitrogen and oxygen atoms in total. The van der Waals surface area contributed by atoms with Gasteiger partial charge in [0, 0.05) is 33.2 Å². The molecular formula is C23H31IN4O2. The summed E-state index contributed by atoms with van der Waals surface area (Å²) in [5, 5.41) is 3.28. The molecule has 0 fully saturated rings. The van der Waals surface area contributed by atoms with Crippen LogP contribution in [0, 0.1) is 0 Å². The first-order valence-corrected chi connectivity index (χ1v) is 10.1. The number of guanidine groups is 1. The van der Waals surface area contributed by atoms with Gasteiger partial charge in [0.15, 0.2) is 5.96 Å². The fourth-order valence-corrected chi connectivity index (χ4v) is 3.50. The van der Waals surface area contributed by atoms with Crippen molar-refractivity contribution in [3.05, 3.63) is 65.2 Å². The third-order valence-electron chi connectivity index (χ3n) is 5.12. The Labute approximate surface area is 196 Å². The van der Waals surface area contributed by atoms with Crippen LogP contribution < -0.4 is 10.1 Å². The summed E-state index contributed by atoms with van der Waals surface area (Å²) in [5.41, 5.74) is 3.73. The Morgan fingerprint density at radius 2 is 1.87 bits per heavy atom. The number of hydrogen-bond acceptors (Lipinski definition) is 3. The zero-order valence-electron chi connectivity index (χ0n) is 17.9. The van der Waals surface area contributed by atoms with Gasteiger partial charge in [0.25, 0.3) is 0 Å². The summed E-state index contributed by atoms with van der Waals surface area (Å²) in [6, 6.07) is 16.3. The van der Waals surface area contributed by atoms with Crippen LogP contribution in [0.3, 0.4) is 0 Å². The zero-order chi connectivity index (χ0) is 20.6. The molecule has 0 saturated heterocycles. The van der Waals surface area contributed by atoms with Gasteiger partial charge in [0.05, 0.1) is 7.11 Å². The largest absolute Gasteiger partial charge is 0.497 e. The molecule has 0 aromatic heterocycles. The van der Waals surface area contributed by atoms with Crippen molar-refractivity contribution in [2.45, 2.75) is 26.4 Å². The number of carbonyl (C=O) groups excluding carboxylic acids is 1. The number of rotatable bonds is 6. The fraction of sp³-hybridized carbons (Fsp3) is 0.391. The van der Waals surface area contributed by atoms with Crippen LogP contribution in [0.2, 0.25) is 0 Å². The first kappa shape index (κ1) is 24.0. The molecule has 2 aromatic carbocycles. The van der Waals surface area contributed by atoms with E-state index in [-0.39, 0.29) is 36.4 Å². The molecule has 30 heavy (non-hydrogen) atoms. The molecule has 0 spiro atoms. The lowest BCUT2D eigenvalue weighted by Gasteiger charge is -2.29. The Balaban J connectivity index is 0.00000320. The number of nitrogens with zero attached hydrogens (tertiary/aromatic N) is 3. The van der Waals surface area contributed by atoms with Gasteiger partial charge in [-0.15, -0.1) is 24.0 Å². The van der Waals surface area contributed by atoms with Gasteiger partial charge in [-0.3, -0.25) is 4.79 Å². The number of hydrogen-bond donors (Lipinski definition) is 1. The average molecular weight is 522 g/mol. The van der Waals surface area contributed by atoms with E-state index in [1.165, 1.54) is 11.1 Å². The summed E-state index contributed by atoms with van der Waals surface area (Å²) in [6.07, 6.45) is 0.906. The van der Waals surface area contributed by atoms with Crippen molar-refractivity contribution in [3.8, 4) is 5.75 Å². The number of carbonyl (C=O) groups is 1. The molecule has 2 aromatic rings. The zero-order valence-corrected chi connectivity index (χ0v) is 20.3. The summed E-state index contributed by atoms with van der Waals surface area (Å²) in [4.78, 5) is 21.3. The highest BCUT2D eigenvalue weighted by Gasteiger charge is 2.20. The Hall–Kier alpha value is -2.29. The van der Waals surface area contributed by atoms with Crippen molar-refractivity contribution in [1.82, 2.24) is 15.1 Å². The van der Waals surface area contributed by atoms with Gasteiger partial charge in [-0.05, 0) is 42.2 Å². The van der Waals surface area contributed by atoms with Crippen LogP contribution in [0.1, 0.15) is 23.6 Å². The number of ether oxygens (including phenoxy) is 1. The van der Waals surface area contributed by atoms with Gasteiger partial charge in [-0.25, -0.2) is 4.99 Å². The Morgan fingerprint density at radius 1 is 1.17 bits per heavy atom. The lowest BCUT2D eigenvalue weighted by atomic mass is 10.00. The maximum Gasteiger partial charge on any atom is 0.244 e. The Morgan fingerprint density at radius 3 is 2.53 bits per heavy atom. The maximum absolute atomic E-state index is 12.7. The van der Waals surface area contributed by atoms with Crippen molar-refractivity contribution >= 4 is 35.8 Å². The first-order chi connectivity index (χ1) is 14.1. The third kappa shape index (κ3) is 6.35. The van der Waals surface area contributed by atoms with E-state index in [1.54, 1.807) is 7.11 Å². The maximum atomic E-state index is 12.7. The highest BCUT2D eigenvalue weighted by atomic mass is 127. The van der Waals surface area contributed by atoms with Crippen LogP contribution in [0.5, 0.6) is 5.75 Å². The van der Waals surface area contributed by atoms with Gasteiger partial charge in [-0.2, -0.15) is 0 Å². The van der Waals surface area contributed by atoms with Crippen molar-refractivity contribution in [1.29, 1.82) is 0 Å². The molecule has 0 aliphatic carbocycles. The van der Waals surface area contributed by atoms with Gasteiger partial charge >= 0.3 is 0 Å². The molecule has 0 atom stereocenters. The summed E-state index contributed by atoms with van der Waals surface area (Å²) in [5.74, 6) is 1.63. The minimum Gasteiger partial charge on any atom is -0.497 e. The predicted octanol–water partition coefficient (Wildman–Crippen LogP) is 3.30. The molecule has 162 valence electrons. The minimum absolute atomic E-state index is 0. The second kappa shape index (κ2) is 11.8. The summed E-state index contributed by atoms with van der Waals surface area (Å²) >= 11 is 0. The molecule has 1 heterocycles. The van der Waals surface area contributed by atoms with E-state index < -0.39 is 0 Å². The van der Waals surface area contributed by atoms with Crippen molar-refractivity contribution < 1.29 is 9.53 Å². The summed E-state index contributed by atoms with van der Waals surface area (Å²) < 4.78 is 5.21. The molecular weight excluding hydrogens is 491 g/mol. The van der Waals surface area contributed by atoms with Crippen LogP contribution >= 0.6 is 24.0 Å². The lowest BCUT2D eigenvalue weighted by molar-refractivity contribution is -0.130. The van der Waals surface area contributed by atoms with E-state index in [0.717, 1.165) is 36.8 Å². The summed E-state index contributed by atoms with van der Waals surface area (Å²) in [7, 11) is 3.64. The standard InChI is InChI=1S/C23H30N4O2.HI/c1-4-24-23(26(2)16-18-9-11-21(29-3)12-10-18)25-15-22(28)27-14-13-19-7-5-6-8-20(19)17-27;/h5-12H,4,13-17H2,1-3H3,(H,24,25);1H. The van der Waals surface area contributed by atoms with Crippen LogP contribution in [-0.2, 0) is 24.3 Å². The van der Waals surface area contributed by atoms with Gasteiger partial charge in [0.2, 0.25) is 5.91 Å². The molecule has 0 radical (unpaired) electrons. The van der Waals surface area contributed by atoms with Crippen LogP contribution in [0.15, 0.2) is 53.5 Å². The van der Waals surface area contributed by atoms with E-state index >= 15 is 0 Å². The summed E-state index contributed by atoms with van der Waals surface area (Å²) in [6.45, 7) is 5.04. The minimum atomic E-state index is 0.